The van der Waals surface area contributed by atoms with Crippen molar-refractivity contribution < 1.29 is 9.18 Å². The number of allylic oxidation sites excluding steroid dienone is 2. The smallest absolute Gasteiger partial charge is 0.273 e. The summed E-state index contributed by atoms with van der Waals surface area (Å²) in [6, 6.07) is 0. The van der Waals surface area contributed by atoms with E-state index in [0.717, 1.165) is 10.6 Å². The molecule has 3 N–H and O–H groups in total. The number of hydrogen-bond donors (Lipinski definition) is 3. The van der Waals surface area contributed by atoms with Crippen LogP contribution >= 0.6 is 11.8 Å². The molecule has 4 aliphatic heterocycles. The van der Waals surface area contributed by atoms with Crippen molar-refractivity contribution in [1.29, 1.82) is 0 Å². The predicted octanol–water partition coefficient (Wildman–Crippen LogP) is 0.974. The van der Waals surface area contributed by atoms with Gasteiger partial charge in [-0.2, -0.15) is 5.10 Å². The van der Waals surface area contributed by atoms with E-state index in [4.69, 9.17) is 0 Å². The lowest BCUT2D eigenvalue weighted by Crippen LogP contribution is -2.45. The first-order valence-electron chi connectivity index (χ1n) is 8.34. The summed E-state index contributed by atoms with van der Waals surface area (Å²) < 4.78 is 13.5. The van der Waals surface area contributed by atoms with E-state index in [0.29, 0.717) is 31.0 Å². The van der Waals surface area contributed by atoms with Crippen LogP contribution in [0, 0.1) is 0 Å². The van der Waals surface area contributed by atoms with Gasteiger partial charge < -0.3 is 20.9 Å². The number of carbonyl (C=O) groups is 1. The average Bonchev–Trinajstić information content (AvgIpc) is 3.26. The second-order valence-corrected chi connectivity index (χ2v) is 7.75. The molecular formula is C16H21FN6OS. The topological polar surface area (TPSA) is 72.0 Å². The van der Waals surface area contributed by atoms with Gasteiger partial charge in [0, 0.05) is 23.3 Å². The third-order valence-corrected chi connectivity index (χ3v) is 5.79. The molecular weight excluding hydrogens is 343 g/mol. The van der Waals surface area contributed by atoms with Gasteiger partial charge in [0.2, 0.25) is 0 Å². The molecule has 0 bridgehead atoms. The molecule has 0 saturated carbocycles. The minimum absolute atomic E-state index is 0.179. The highest BCUT2D eigenvalue weighted by molar-refractivity contribution is 8.03. The fraction of sp³-hybridized carbons (Fsp3) is 0.500. The summed E-state index contributed by atoms with van der Waals surface area (Å²) >= 11 is 1.58. The van der Waals surface area contributed by atoms with Crippen LogP contribution in [0.4, 0.5) is 4.39 Å². The van der Waals surface area contributed by atoms with E-state index in [2.05, 4.69) is 21.1 Å². The lowest BCUT2D eigenvalue weighted by atomic mass is 10.3. The SMILES string of the molecule is CC1=C(C)SC(NC(=O)C2=CNC3C=CC(N4CC[C@H](F)C4)=NN23)N1. The lowest BCUT2D eigenvalue weighted by Gasteiger charge is -2.29. The number of amides is 1. The van der Waals surface area contributed by atoms with Gasteiger partial charge in [-0.1, -0.05) is 11.8 Å². The number of hydrazone groups is 1. The third kappa shape index (κ3) is 3.08. The van der Waals surface area contributed by atoms with Gasteiger partial charge in [-0.15, -0.1) is 0 Å². The van der Waals surface area contributed by atoms with Gasteiger partial charge in [-0.05, 0) is 32.4 Å². The van der Waals surface area contributed by atoms with Gasteiger partial charge in [0.25, 0.3) is 5.91 Å². The van der Waals surface area contributed by atoms with Crippen LogP contribution in [0.25, 0.3) is 0 Å². The molecule has 2 unspecified atom stereocenters. The number of likely N-dealkylation sites (tertiary alicyclic amines) is 1. The molecule has 0 aromatic heterocycles. The van der Waals surface area contributed by atoms with Crippen molar-refractivity contribution in [2.45, 2.75) is 38.1 Å². The van der Waals surface area contributed by atoms with Gasteiger partial charge in [0.05, 0.1) is 6.54 Å². The average molecular weight is 364 g/mol. The number of nitrogens with one attached hydrogen (secondary N) is 3. The van der Waals surface area contributed by atoms with Gasteiger partial charge in [0.15, 0.2) is 5.50 Å². The van der Waals surface area contributed by atoms with Gasteiger partial charge in [-0.25, -0.2) is 9.40 Å². The Bertz CT molecular complexity index is 703. The van der Waals surface area contributed by atoms with E-state index < -0.39 is 6.17 Å². The van der Waals surface area contributed by atoms with Crippen molar-refractivity contribution in [3.8, 4) is 0 Å². The molecule has 1 saturated heterocycles. The molecule has 25 heavy (non-hydrogen) atoms. The van der Waals surface area contributed by atoms with Crippen LogP contribution in [0.1, 0.15) is 20.3 Å². The fourth-order valence-corrected chi connectivity index (χ4v) is 4.13. The largest absolute Gasteiger partial charge is 0.365 e. The monoisotopic (exact) mass is 364 g/mol. The molecule has 9 heteroatoms. The van der Waals surface area contributed by atoms with Gasteiger partial charge in [-0.3, -0.25) is 4.79 Å². The maximum absolute atomic E-state index is 13.5. The molecule has 0 aromatic carbocycles. The zero-order valence-corrected chi connectivity index (χ0v) is 14.9. The van der Waals surface area contributed by atoms with E-state index in [1.165, 1.54) is 0 Å². The van der Waals surface area contributed by atoms with Crippen LogP contribution in [0.5, 0.6) is 0 Å². The molecule has 0 spiro atoms. The maximum atomic E-state index is 13.5. The number of carbonyl (C=O) groups excluding carboxylic acids is 1. The Morgan fingerprint density at radius 1 is 1.48 bits per heavy atom. The van der Waals surface area contributed by atoms with E-state index in [9.17, 15) is 9.18 Å². The molecule has 4 rings (SSSR count). The van der Waals surface area contributed by atoms with Crippen molar-refractivity contribution in [2.75, 3.05) is 13.1 Å². The van der Waals surface area contributed by atoms with Crippen molar-refractivity contribution >= 4 is 23.5 Å². The molecule has 4 aliphatic rings. The Labute approximate surface area is 150 Å². The van der Waals surface area contributed by atoms with E-state index in [1.807, 2.05) is 30.9 Å². The minimum Gasteiger partial charge on any atom is -0.365 e. The first-order valence-corrected chi connectivity index (χ1v) is 9.22. The maximum Gasteiger partial charge on any atom is 0.273 e. The van der Waals surface area contributed by atoms with Crippen LogP contribution in [0.15, 0.2) is 39.8 Å². The lowest BCUT2D eigenvalue weighted by molar-refractivity contribution is -0.119. The summed E-state index contributed by atoms with van der Waals surface area (Å²) in [4.78, 5) is 15.7. The Morgan fingerprint density at radius 3 is 3.00 bits per heavy atom. The van der Waals surface area contributed by atoms with Crippen LogP contribution in [-0.2, 0) is 4.79 Å². The zero-order valence-electron chi connectivity index (χ0n) is 14.1. The number of fused-ring (bicyclic) bond motifs is 1. The zero-order chi connectivity index (χ0) is 17.6. The number of rotatable bonds is 2. The quantitative estimate of drug-likeness (QED) is 0.678. The molecule has 0 aliphatic carbocycles. The second-order valence-electron chi connectivity index (χ2n) is 6.43. The number of nitrogens with zero attached hydrogens (tertiary/aromatic N) is 3. The molecule has 134 valence electrons. The fourth-order valence-electron chi connectivity index (χ4n) is 3.14. The number of halogens is 1. The predicted molar refractivity (Wildman–Crippen MR) is 95.5 cm³/mol. The van der Waals surface area contributed by atoms with Crippen LogP contribution in [0.2, 0.25) is 0 Å². The molecule has 1 fully saturated rings. The summed E-state index contributed by atoms with van der Waals surface area (Å²) in [6.45, 7) is 5.01. The Hall–Kier alpha value is -2.16. The van der Waals surface area contributed by atoms with Gasteiger partial charge >= 0.3 is 0 Å². The summed E-state index contributed by atoms with van der Waals surface area (Å²) in [5.41, 5.74) is 1.34. The minimum atomic E-state index is -0.812. The van der Waals surface area contributed by atoms with Crippen molar-refractivity contribution in [1.82, 2.24) is 25.9 Å². The molecule has 1 amide bonds. The Kier molecular flexibility index (Phi) is 4.10. The first kappa shape index (κ1) is 16.3. The Balaban J connectivity index is 1.44. The molecule has 3 atom stereocenters. The highest BCUT2D eigenvalue weighted by Gasteiger charge is 2.34. The van der Waals surface area contributed by atoms with Crippen LogP contribution in [0.3, 0.4) is 0 Å². The molecule has 4 heterocycles. The first-order chi connectivity index (χ1) is 12.0. The van der Waals surface area contributed by atoms with Crippen molar-refractivity contribution in [2.24, 2.45) is 5.10 Å². The van der Waals surface area contributed by atoms with Crippen molar-refractivity contribution in [3.63, 3.8) is 0 Å². The van der Waals surface area contributed by atoms with Crippen LogP contribution in [-0.4, -0.2) is 52.6 Å². The summed E-state index contributed by atoms with van der Waals surface area (Å²) in [5, 5.41) is 15.5. The normalized spacial score (nSPS) is 30.8. The summed E-state index contributed by atoms with van der Waals surface area (Å²) in [5.74, 6) is 0.492. The standard InChI is InChI=1S/C16H21FN6OS/c1-9-10(2)25-16(19-9)20-15(24)12-7-18-13-3-4-14(21-23(12)13)22-6-5-11(17)8-22/h3-4,7,11,13,16,18-19H,5-6,8H2,1-2H3,(H,20,24)/t11-,13?,16?/m0/s1. The number of hydrogen-bond acceptors (Lipinski definition) is 7. The Morgan fingerprint density at radius 2 is 2.32 bits per heavy atom. The number of amidine groups is 1. The second kappa shape index (κ2) is 6.29. The highest BCUT2D eigenvalue weighted by atomic mass is 32.2. The van der Waals surface area contributed by atoms with E-state index in [1.54, 1.807) is 23.0 Å². The summed E-state index contributed by atoms with van der Waals surface area (Å²) in [7, 11) is 0. The highest BCUT2D eigenvalue weighted by Crippen LogP contribution is 2.28. The van der Waals surface area contributed by atoms with E-state index >= 15 is 0 Å². The molecule has 0 aromatic rings. The third-order valence-electron chi connectivity index (χ3n) is 4.66. The molecule has 0 radical (unpaired) electrons. The van der Waals surface area contributed by atoms with E-state index in [-0.39, 0.29) is 17.6 Å². The van der Waals surface area contributed by atoms with Crippen molar-refractivity contribution in [3.05, 3.63) is 34.7 Å². The molecule has 7 nitrogen and oxygen atoms in total. The van der Waals surface area contributed by atoms with Crippen LogP contribution < -0.4 is 16.0 Å². The van der Waals surface area contributed by atoms with Gasteiger partial charge in [0.1, 0.15) is 23.9 Å². The number of alkyl halides is 1. The number of thioether (sulfide) groups is 1. The summed E-state index contributed by atoms with van der Waals surface area (Å²) in [6.07, 6.45) is 5.02.